The molecule has 7 heteroatoms. The minimum atomic E-state index is -1.08. The minimum Gasteiger partial charge on any atom is -0.476 e. The van der Waals surface area contributed by atoms with E-state index in [-0.39, 0.29) is 11.6 Å². The number of hydrogen-bond acceptors (Lipinski definition) is 4. The van der Waals surface area contributed by atoms with Gasteiger partial charge in [0.1, 0.15) is 11.9 Å². The first kappa shape index (κ1) is 16.0. The largest absolute Gasteiger partial charge is 0.476 e. The Morgan fingerprint density at radius 2 is 1.88 bits per heavy atom. The van der Waals surface area contributed by atoms with Crippen LogP contribution < -0.4 is 0 Å². The van der Waals surface area contributed by atoms with E-state index < -0.39 is 12.0 Å². The second-order valence-electron chi connectivity index (χ2n) is 6.04. The summed E-state index contributed by atoms with van der Waals surface area (Å²) >= 11 is 0. The van der Waals surface area contributed by atoms with Crippen LogP contribution in [0, 0.1) is 0 Å². The fourth-order valence-electron chi connectivity index (χ4n) is 3.25. The van der Waals surface area contributed by atoms with E-state index in [0.717, 1.165) is 5.56 Å². The van der Waals surface area contributed by atoms with Crippen LogP contribution in [0.5, 0.6) is 0 Å². The number of carboxylic acid groups (broad SMARTS) is 1. The zero-order chi connectivity index (χ0) is 18.1. The standard InChI is InChI=1S/C19H16N4O3/c24-18(14-7-4-8-20-11-14)23-10-9-22-12-15(19(25)26)21-17(22)16(23)13-5-2-1-3-6-13/h1-8,11-12,16H,9-10H2,(H,25,26). The lowest BCUT2D eigenvalue weighted by molar-refractivity contribution is 0.0658. The van der Waals surface area contributed by atoms with Gasteiger partial charge in [0, 0.05) is 31.7 Å². The van der Waals surface area contributed by atoms with Crippen molar-refractivity contribution in [2.75, 3.05) is 6.54 Å². The molecule has 7 nitrogen and oxygen atoms in total. The first-order valence-electron chi connectivity index (χ1n) is 8.21. The van der Waals surface area contributed by atoms with Crippen molar-refractivity contribution in [1.29, 1.82) is 0 Å². The number of carbonyl (C=O) groups excluding carboxylic acids is 1. The van der Waals surface area contributed by atoms with Gasteiger partial charge >= 0.3 is 5.97 Å². The molecule has 0 spiro atoms. The Hall–Kier alpha value is -3.48. The number of rotatable bonds is 3. The third-order valence-corrected chi connectivity index (χ3v) is 4.45. The molecule has 1 aromatic carbocycles. The Morgan fingerprint density at radius 3 is 2.58 bits per heavy atom. The van der Waals surface area contributed by atoms with Crippen molar-refractivity contribution in [2.45, 2.75) is 12.6 Å². The highest BCUT2D eigenvalue weighted by Crippen LogP contribution is 2.32. The van der Waals surface area contributed by atoms with Gasteiger partial charge in [-0.2, -0.15) is 0 Å². The lowest BCUT2D eigenvalue weighted by Crippen LogP contribution is -2.42. The summed E-state index contributed by atoms with van der Waals surface area (Å²) in [6.45, 7) is 0.945. The molecule has 1 atom stereocenters. The van der Waals surface area contributed by atoms with Gasteiger partial charge in [0.2, 0.25) is 0 Å². The fourth-order valence-corrected chi connectivity index (χ4v) is 3.25. The second-order valence-corrected chi connectivity index (χ2v) is 6.04. The molecule has 0 saturated carbocycles. The number of pyridine rings is 1. The number of carbonyl (C=O) groups is 2. The van der Waals surface area contributed by atoms with Crippen LogP contribution in [0.25, 0.3) is 0 Å². The van der Waals surface area contributed by atoms with E-state index in [1.54, 1.807) is 23.2 Å². The van der Waals surface area contributed by atoms with Crippen LogP contribution in [-0.4, -0.2) is 43.0 Å². The van der Waals surface area contributed by atoms with Crippen molar-refractivity contribution in [3.63, 3.8) is 0 Å². The monoisotopic (exact) mass is 348 g/mol. The van der Waals surface area contributed by atoms with Crippen LogP contribution in [0.15, 0.2) is 61.1 Å². The molecule has 0 radical (unpaired) electrons. The highest BCUT2D eigenvalue weighted by Gasteiger charge is 2.35. The Bertz CT molecular complexity index is 953. The molecule has 3 aromatic rings. The average molecular weight is 348 g/mol. The summed E-state index contributed by atoms with van der Waals surface area (Å²) in [7, 11) is 0. The van der Waals surface area contributed by atoms with Gasteiger partial charge in [0.25, 0.3) is 5.91 Å². The normalized spacial score (nSPS) is 16.2. The smallest absolute Gasteiger partial charge is 0.356 e. The van der Waals surface area contributed by atoms with E-state index in [9.17, 15) is 14.7 Å². The van der Waals surface area contributed by atoms with E-state index in [0.29, 0.717) is 24.5 Å². The Morgan fingerprint density at radius 1 is 1.08 bits per heavy atom. The Labute approximate surface area is 149 Å². The van der Waals surface area contributed by atoms with Crippen LogP contribution >= 0.6 is 0 Å². The lowest BCUT2D eigenvalue weighted by atomic mass is 10.0. The number of aromatic carboxylic acids is 1. The molecule has 1 aliphatic heterocycles. The SMILES string of the molecule is O=C(O)c1cn2c(n1)C(c1ccccc1)N(C(=O)c1cccnc1)CC2. The molecule has 0 fully saturated rings. The van der Waals surface area contributed by atoms with Gasteiger partial charge in [-0.3, -0.25) is 9.78 Å². The zero-order valence-electron chi connectivity index (χ0n) is 13.8. The molecule has 2 aromatic heterocycles. The van der Waals surface area contributed by atoms with Crippen molar-refractivity contribution in [2.24, 2.45) is 0 Å². The summed E-state index contributed by atoms with van der Waals surface area (Å²) in [5, 5.41) is 9.28. The summed E-state index contributed by atoms with van der Waals surface area (Å²) in [6, 6.07) is 12.5. The average Bonchev–Trinajstić information content (AvgIpc) is 3.12. The number of hydrogen-bond donors (Lipinski definition) is 1. The molecule has 1 unspecified atom stereocenters. The van der Waals surface area contributed by atoms with Gasteiger partial charge < -0.3 is 14.6 Å². The molecule has 0 aliphatic carbocycles. The number of carboxylic acids is 1. The van der Waals surface area contributed by atoms with Crippen molar-refractivity contribution in [3.8, 4) is 0 Å². The van der Waals surface area contributed by atoms with Gasteiger partial charge in [0.15, 0.2) is 5.69 Å². The highest BCUT2D eigenvalue weighted by atomic mass is 16.4. The van der Waals surface area contributed by atoms with E-state index in [1.165, 1.54) is 12.4 Å². The van der Waals surface area contributed by atoms with E-state index >= 15 is 0 Å². The van der Waals surface area contributed by atoms with Crippen molar-refractivity contribution < 1.29 is 14.7 Å². The topological polar surface area (TPSA) is 88.3 Å². The maximum Gasteiger partial charge on any atom is 0.356 e. The molecule has 26 heavy (non-hydrogen) atoms. The fraction of sp³-hybridized carbons (Fsp3) is 0.158. The van der Waals surface area contributed by atoms with Crippen molar-refractivity contribution in [3.05, 3.63) is 83.7 Å². The molecule has 0 bridgehead atoms. The van der Waals surface area contributed by atoms with E-state index in [4.69, 9.17) is 0 Å². The van der Waals surface area contributed by atoms with Gasteiger partial charge in [-0.15, -0.1) is 0 Å². The highest BCUT2D eigenvalue weighted by molar-refractivity contribution is 5.94. The molecule has 1 N–H and O–H groups in total. The quantitative estimate of drug-likeness (QED) is 0.784. The van der Waals surface area contributed by atoms with Crippen LogP contribution in [-0.2, 0) is 6.54 Å². The molecule has 130 valence electrons. The van der Waals surface area contributed by atoms with Gasteiger partial charge in [-0.25, -0.2) is 9.78 Å². The van der Waals surface area contributed by atoms with E-state index in [1.807, 2.05) is 34.9 Å². The summed E-state index contributed by atoms with van der Waals surface area (Å²) in [4.78, 5) is 34.4. The first-order valence-corrected chi connectivity index (χ1v) is 8.21. The predicted molar refractivity (Wildman–Crippen MR) is 92.7 cm³/mol. The number of nitrogens with zero attached hydrogens (tertiary/aromatic N) is 4. The third kappa shape index (κ3) is 2.73. The van der Waals surface area contributed by atoms with E-state index in [2.05, 4.69) is 9.97 Å². The van der Waals surface area contributed by atoms with Gasteiger partial charge in [0.05, 0.1) is 5.56 Å². The predicted octanol–water partition coefficient (Wildman–Crippen LogP) is 2.22. The Kier molecular flexibility index (Phi) is 3.96. The van der Waals surface area contributed by atoms with Crippen LogP contribution in [0.2, 0.25) is 0 Å². The molecule has 4 rings (SSSR count). The number of imidazole rings is 1. The Balaban J connectivity index is 1.81. The second kappa shape index (κ2) is 6.44. The number of fused-ring (bicyclic) bond motifs is 1. The summed E-state index contributed by atoms with van der Waals surface area (Å²) < 4.78 is 1.81. The zero-order valence-corrected chi connectivity index (χ0v) is 13.8. The number of amides is 1. The lowest BCUT2D eigenvalue weighted by Gasteiger charge is -2.36. The maximum absolute atomic E-state index is 13.1. The van der Waals surface area contributed by atoms with Crippen LogP contribution in [0.3, 0.4) is 0 Å². The number of benzene rings is 1. The number of aromatic nitrogens is 3. The van der Waals surface area contributed by atoms with Crippen molar-refractivity contribution >= 4 is 11.9 Å². The maximum atomic E-state index is 13.1. The summed E-state index contributed by atoms with van der Waals surface area (Å²) in [5.74, 6) is -0.681. The van der Waals surface area contributed by atoms with Crippen LogP contribution in [0.1, 0.15) is 38.3 Å². The van der Waals surface area contributed by atoms with Crippen LogP contribution in [0.4, 0.5) is 0 Å². The summed E-state index contributed by atoms with van der Waals surface area (Å²) in [5.41, 5.74) is 1.36. The molecule has 1 amide bonds. The molecular formula is C19H16N4O3. The molecule has 1 aliphatic rings. The first-order chi connectivity index (χ1) is 12.6. The van der Waals surface area contributed by atoms with Gasteiger partial charge in [-0.05, 0) is 17.7 Å². The van der Waals surface area contributed by atoms with Crippen molar-refractivity contribution in [1.82, 2.24) is 19.4 Å². The minimum absolute atomic E-state index is 0.0170. The molecule has 3 heterocycles. The third-order valence-electron chi connectivity index (χ3n) is 4.45. The van der Waals surface area contributed by atoms with Gasteiger partial charge in [-0.1, -0.05) is 30.3 Å². The molecular weight excluding hydrogens is 332 g/mol. The molecule has 0 saturated heterocycles. The summed E-state index contributed by atoms with van der Waals surface area (Å²) in [6.07, 6.45) is 4.68.